The van der Waals surface area contributed by atoms with Crippen LogP contribution in [0.25, 0.3) is 0 Å². The number of rotatable bonds is 2. The van der Waals surface area contributed by atoms with Crippen LogP contribution in [-0.4, -0.2) is 24.6 Å². The Morgan fingerprint density at radius 2 is 2.15 bits per heavy atom. The van der Waals surface area contributed by atoms with Crippen LogP contribution in [0.5, 0.6) is 0 Å². The molecular formula is C10H18O3. The molecule has 13 heavy (non-hydrogen) atoms. The molecule has 0 fully saturated rings. The summed E-state index contributed by atoms with van der Waals surface area (Å²) in [5.74, 6) is 0.0373. The molecular weight excluding hydrogens is 168 g/mol. The van der Waals surface area contributed by atoms with Crippen molar-refractivity contribution in [2.45, 2.75) is 33.0 Å². The van der Waals surface area contributed by atoms with Crippen molar-refractivity contribution in [3.8, 4) is 0 Å². The zero-order valence-electron chi connectivity index (χ0n) is 8.76. The Hall–Kier alpha value is -0.540. The molecule has 0 aromatic heterocycles. The summed E-state index contributed by atoms with van der Waals surface area (Å²) in [6, 6.07) is 0. The number of hydrogen-bond acceptors (Lipinski definition) is 3. The van der Waals surface area contributed by atoms with E-state index in [0.717, 1.165) is 11.3 Å². The molecule has 0 aromatic rings. The second kappa shape index (κ2) is 3.68. The van der Waals surface area contributed by atoms with Gasteiger partial charge in [-0.25, -0.2) is 0 Å². The number of aliphatic hydroxyl groups is 1. The fourth-order valence-corrected chi connectivity index (χ4v) is 1.64. The van der Waals surface area contributed by atoms with Gasteiger partial charge in [-0.3, -0.25) is 0 Å². The Labute approximate surface area is 79.3 Å². The highest BCUT2D eigenvalue weighted by Gasteiger charge is 2.35. The number of allylic oxidation sites excluding steroid dienone is 1. The summed E-state index contributed by atoms with van der Waals surface area (Å²) in [5.41, 5.74) is 0.802. The van der Waals surface area contributed by atoms with Gasteiger partial charge in [0.05, 0.1) is 6.61 Å². The zero-order chi connectivity index (χ0) is 10.1. The first-order valence-corrected chi connectivity index (χ1v) is 4.63. The lowest BCUT2D eigenvalue weighted by Crippen LogP contribution is -2.38. The molecule has 0 saturated carbocycles. The van der Waals surface area contributed by atoms with E-state index in [-0.39, 0.29) is 0 Å². The third kappa shape index (κ3) is 1.86. The molecule has 76 valence electrons. The fourth-order valence-electron chi connectivity index (χ4n) is 1.64. The van der Waals surface area contributed by atoms with Gasteiger partial charge >= 0.3 is 0 Å². The van der Waals surface area contributed by atoms with Gasteiger partial charge in [0.1, 0.15) is 5.76 Å². The second-order valence-electron chi connectivity index (χ2n) is 3.73. The van der Waals surface area contributed by atoms with Gasteiger partial charge in [-0.2, -0.15) is 0 Å². The maximum Gasteiger partial charge on any atom is 0.194 e. The lowest BCUT2D eigenvalue weighted by molar-refractivity contribution is -0.178. The van der Waals surface area contributed by atoms with Gasteiger partial charge < -0.3 is 14.6 Å². The van der Waals surface area contributed by atoms with Crippen molar-refractivity contribution >= 4 is 0 Å². The van der Waals surface area contributed by atoms with Gasteiger partial charge in [0.25, 0.3) is 0 Å². The van der Waals surface area contributed by atoms with Gasteiger partial charge in [-0.05, 0) is 6.92 Å². The predicted molar refractivity (Wildman–Crippen MR) is 50.1 cm³/mol. The highest BCUT2D eigenvalue weighted by molar-refractivity contribution is 5.18. The highest BCUT2D eigenvalue weighted by Crippen LogP contribution is 2.32. The van der Waals surface area contributed by atoms with E-state index in [1.807, 2.05) is 20.8 Å². The molecule has 3 heteroatoms. The molecule has 0 saturated heterocycles. The van der Waals surface area contributed by atoms with Crippen LogP contribution in [0.15, 0.2) is 11.3 Å². The average Bonchev–Trinajstić information content (AvgIpc) is 2.09. The van der Waals surface area contributed by atoms with E-state index < -0.39 is 5.79 Å². The Morgan fingerprint density at radius 3 is 2.62 bits per heavy atom. The van der Waals surface area contributed by atoms with Crippen molar-refractivity contribution in [1.82, 2.24) is 0 Å². The highest BCUT2D eigenvalue weighted by atomic mass is 16.6. The summed E-state index contributed by atoms with van der Waals surface area (Å²) < 4.78 is 10.6. The van der Waals surface area contributed by atoms with E-state index in [1.165, 1.54) is 7.11 Å². The smallest absolute Gasteiger partial charge is 0.194 e. The van der Waals surface area contributed by atoms with Crippen LogP contribution in [0.3, 0.4) is 0 Å². The molecule has 1 N–H and O–H groups in total. The first-order valence-electron chi connectivity index (χ1n) is 4.63. The van der Waals surface area contributed by atoms with Crippen LogP contribution < -0.4 is 0 Å². The minimum atomic E-state index is -1.11. The summed E-state index contributed by atoms with van der Waals surface area (Å²) in [7, 11) is 1.52. The normalized spacial score (nSPS) is 29.4. The third-order valence-electron chi connectivity index (χ3n) is 2.52. The van der Waals surface area contributed by atoms with E-state index in [2.05, 4.69) is 0 Å². The maximum absolute atomic E-state index is 10.0. The van der Waals surface area contributed by atoms with Crippen molar-refractivity contribution in [1.29, 1.82) is 0 Å². The maximum atomic E-state index is 10.0. The fraction of sp³-hybridized carbons (Fsp3) is 0.800. The monoisotopic (exact) mass is 186 g/mol. The number of ether oxygens (including phenoxy) is 2. The molecule has 1 unspecified atom stereocenters. The van der Waals surface area contributed by atoms with Crippen molar-refractivity contribution in [3.05, 3.63) is 11.3 Å². The molecule has 3 nitrogen and oxygen atoms in total. The van der Waals surface area contributed by atoms with Crippen LogP contribution in [-0.2, 0) is 9.47 Å². The Kier molecular flexibility index (Phi) is 2.98. The summed E-state index contributed by atoms with van der Waals surface area (Å²) in [6.45, 7) is 6.47. The van der Waals surface area contributed by atoms with E-state index in [0.29, 0.717) is 18.9 Å². The predicted octanol–water partition coefficient (Wildman–Crippen LogP) is 1.67. The zero-order valence-corrected chi connectivity index (χ0v) is 8.76. The SMILES string of the molecule is COC1(O)CCOC(C(C)C)=C1C. The topological polar surface area (TPSA) is 38.7 Å². The third-order valence-corrected chi connectivity index (χ3v) is 2.52. The standard InChI is InChI=1S/C10H18O3/c1-7(2)9-8(3)10(11,12-4)5-6-13-9/h7,11H,5-6H2,1-4H3. The Morgan fingerprint density at radius 1 is 1.54 bits per heavy atom. The molecule has 0 bridgehead atoms. The van der Waals surface area contributed by atoms with E-state index in [9.17, 15) is 5.11 Å². The summed E-state index contributed by atoms with van der Waals surface area (Å²) in [4.78, 5) is 0. The molecule has 1 heterocycles. The van der Waals surface area contributed by atoms with Crippen molar-refractivity contribution < 1.29 is 14.6 Å². The first kappa shape index (κ1) is 10.5. The minimum Gasteiger partial charge on any atom is -0.497 e. The quantitative estimate of drug-likeness (QED) is 0.667. The summed E-state index contributed by atoms with van der Waals surface area (Å²) >= 11 is 0. The molecule has 1 atom stereocenters. The van der Waals surface area contributed by atoms with Crippen LogP contribution in [0.1, 0.15) is 27.2 Å². The number of hydrogen-bond donors (Lipinski definition) is 1. The van der Waals surface area contributed by atoms with Gasteiger partial charge in [0, 0.05) is 25.0 Å². The van der Waals surface area contributed by atoms with Crippen LogP contribution >= 0.6 is 0 Å². The lowest BCUT2D eigenvalue weighted by Gasteiger charge is -2.34. The molecule has 1 rings (SSSR count). The van der Waals surface area contributed by atoms with E-state index in [4.69, 9.17) is 9.47 Å². The Balaban J connectivity index is 2.98. The van der Waals surface area contributed by atoms with Gasteiger partial charge in [0.15, 0.2) is 5.79 Å². The van der Waals surface area contributed by atoms with Gasteiger partial charge in [-0.15, -0.1) is 0 Å². The second-order valence-corrected chi connectivity index (χ2v) is 3.73. The van der Waals surface area contributed by atoms with Gasteiger partial charge in [-0.1, -0.05) is 13.8 Å². The van der Waals surface area contributed by atoms with Crippen LogP contribution in [0.2, 0.25) is 0 Å². The Bertz CT molecular complexity index is 220. The molecule has 1 aliphatic rings. The molecule has 0 radical (unpaired) electrons. The lowest BCUT2D eigenvalue weighted by atomic mass is 9.96. The van der Waals surface area contributed by atoms with Crippen LogP contribution in [0, 0.1) is 5.92 Å². The molecule has 0 aliphatic carbocycles. The average molecular weight is 186 g/mol. The van der Waals surface area contributed by atoms with E-state index >= 15 is 0 Å². The van der Waals surface area contributed by atoms with E-state index in [1.54, 1.807) is 0 Å². The van der Waals surface area contributed by atoms with Crippen molar-refractivity contribution in [2.24, 2.45) is 5.92 Å². The molecule has 0 spiro atoms. The first-order chi connectivity index (χ1) is 6.01. The summed E-state index contributed by atoms with van der Waals surface area (Å²) in [6.07, 6.45) is 0.506. The summed E-state index contributed by atoms with van der Waals surface area (Å²) in [5, 5.41) is 10.0. The van der Waals surface area contributed by atoms with Gasteiger partial charge in [0.2, 0.25) is 0 Å². The molecule has 0 amide bonds. The molecule has 1 aliphatic heterocycles. The minimum absolute atomic E-state index is 0.293. The van der Waals surface area contributed by atoms with Crippen molar-refractivity contribution in [3.63, 3.8) is 0 Å². The largest absolute Gasteiger partial charge is 0.497 e. The van der Waals surface area contributed by atoms with Crippen LogP contribution in [0.4, 0.5) is 0 Å². The number of methoxy groups -OCH3 is 1. The molecule has 0 aromatic carbocycles. The van der Waals surface area contributed by atoms with Crippen molar-refractivity contribution in [2.75, 3.05) is 13.7 Å².